The molecule has 0 saturated heterocycles. The first-order valence-electron chi connectivity index (χ1n) is 6.67. The highest BCUT2D eigenvalue weighted by Crippen LogP contribution is 2.22. The molecule has 6 heteroatoms. The number of imidazole rings is 1. The molecule has 22 heavy (non-hydrogen) atoms. The third kappa shape index (κ3) is 2.67. The number of aromatic nitrogens is 2. The highest BCUT2D eigenvalue weighted by Gasteiger charge is 2.17. The quantitative estimate of drug-likeness (QED) is 0.749. The molecule has 0 fully saturated rings. The summed E-state index contributed by atoms with van der Waals surface area (Å²) < 4.78 is 1.69. The zero-order valence-corrected chi connectivity index (χ0v) is 13.5. The summed E-state index contributed by atoms with van der Waals surface area (Å²) in [5.74, 6) is -0.252. The monoisotopic (exact) mass is 333 g/mol. The van der Waals surface area contributed by atoms with E-state index in [9.17, 15) is 4.79 Å². The summed E-state index contributed by atoms with van der Waals surface area (Å²) in [5.41, 5.74) is 3.38. The number of carbonyl (C=O) groups excluding carboxylic acids is 1. The molecule has 112 valence electrons. The Labute approximate surface area is 137 Å². The standard InChI is InChI=1S/C16H13Cl2N3O/c1-9-3-4-11(17)7-13(9)20-16(22)15-10(2)19-14-6-5-12(18)8-21(14)15/h3-8H,1-2H3,(H,20,22). The van der Waals surface area contributed by atoms with Crippen molar-refractivity contribution in [3.63, 3.8) is 0 Å². The molecule has 0 bridgehead atoms. The van der Waals surface area contributed by atoms with Crippen molar-refractivity contribution in [3.05, 3.63) is 63.5 Å². The molecule has 2 aromatic heterocycles. The second-order valence-electron chi connectivity index (χ2n) is 5.03. The molecule has 1 amide bonds. The van der Waals surface area contributed by atoms with E-state index in [0.29, 0.717) is 32.8 Å². The van der Waals surface area contributed by atoms with Crippen molar-refractivity contribution in [2.75, 3.05) is 5.32 Å². The van der Waals surface area contributed by atoms with Crippen LogP contribution >= 0.6 is 23.2 Å². The lowest BCUT2D eigenvalue weighted by molar-refractivity contribution is 0.102. The topological polar surface area (TPSA) is 46.4 Å². The fourth-order valence-electron chi connectivity index (χ4n) is 2.32. The van der Waals surface area contributed by atoms with Crippen LogP contribution in [0.15, 0.2) is 36.5 Å². The van der Waals surface area contributed by atoms with Gasteiger partial charge in [-0.1, -0.05) is 29.3 Å². The van der Waals surface area contributed by atoms with Crippen molar-refractivity contribution < 1.29 is 4.79 Å². The summed E-state index contributed by atoms with van der Waals surface area (Å²) in [7, 11) is 0. The smallest absolute Gasteiger partial charge is 0.274 e. The van der Waals surface area contributed by atoms with Crippen LogP contribution in [0.25, 0.3) is 5.65 Å². The molecule has 0 aliphatic rings. The van der Waals surface area contributed by atoms with Crippen LogP contribution in [0.3, 0.4) is 0 Å². The largest absolute Gasteiger partial charge is 0.320 e. The fourth-order valence-corrected chi connectivity index (χ4v) is 2.65. The van der Waals surface area contributed by atoms with Crippen LogP contribution in [0.1, 0.15) is 21.7 Å². The van der Waals surface area contributed by atoms with Crippen LogP contribution in [-0.4, -0.2) is 15.3 Å². The number of nitrogens with zero attached hydrogens (tertiary/aromatic N) is 2. The first-order chi connectivity index (χ1) is 10.5. The number of fused-ring (bicyclic) bond motifs is 1. The van der Waals surface area contributed by atoms with Gasteiger partial charge in [-0.3, -0.25) is 9.20 Å². The van der Waals surface area contributed by atoms with E-state index in [1.165, 1.54) is 0 Å². The molecular weight excluding hydrogens is 321 g/mol. The van der Waals surface area contributed by atoms with Gasteiger partial charge in [0.25, 0.3) is 5.91 Å². The van der Waals surface area contributed by atoms with Gasteiger partial charge < -0.3 is 5.32 Å². The van der Waals surface area contributed by atoms with Crippen molar-refractivity contribution in [1.82, 2.24) is 9.38 Å². The fraction of sp³-hybridized carbons (Fsp3) is 0.125. The maximum absolute atomic E-state index is 12.6. The molecule has 0 unspecified atom stereocenters. The molecule has 2 heterocycles. The van der Waals surface area contributed by atoms with E-state index in [-0.39, 0.29) is 5.91 Å². The normalized spacial score (nSPS) is 10.9. The average molecular weight is 334 g/mol. The number of carbonyl (C=O) groups is 1. The van der Waals surface area contributed by atoms with Gasteiger partial charge in [-0.15, -0.1) is 0 Å². The van der Waals surface area contributed by atoms with Crippen LogP contribution in [0, 0.1) is 13.8 Å². The van der Waals surface area contributed by atoms with Gasteiger partial charge in [0, 0.05) is 16.9 Å². The lowest BCUT2D eigenvalue weighted by atomic mass is 10.2. The van der Waals surface area contributed by atoms with Crippen LogP contribution < -0.4 is 5.32 Å². The molecule has 0 spiro atoms. The van der Waals surface area contributed by atoms with Crippen molar-refractivity contribution in [2.24, 2.45) is 0 Å². The molecular formula is C16H13Cl2N3O. The van der Waals surface area contributed by atoms with E-state index in [4.69, 9.17) is 23.2 Å². The van der Waals surface area contributed by atoms with E-state index in [2.05, 4.69) is 10.3 Å². The SMILES string of the molecule is Cc1ccc(Cl)cc1NC(=O)c1c(C)nc2ccc(Cl)cn12. The summed E-state index contributed by atoms with van der Waals surface area (Å²) >= 11 is 12.0. The van der Waals surface area contributed by atoms with Gasteiger partial charge in [0.15, 0.2) is 0 Å². The summed E-state index contributed by atoms with van der Waals surface area (Å²) in [5, 5.41) is 3.99. The first kappa shape index (κ1) is 14.9. The molecule has 3 rings (SSSR count). The summed E-state index contributed by atoms with van der Waals surface area (Å²) in [6.07, 6.45) is 1.68. The minimum atomic E-state index is -0.252. The van der Waals surface area contributed by atoms with Crippen LogP contribution in [0.4, 0.5) is 5.69 Å². The van der Waals surface area contributed by atoms with Gasteiger partial charge in [-0.05, 0) is 43.7 Å². The molecule has 0 atom stereocenters. The Morgan fingerprint density at radius 2 is 1.86 bits per heavy atom. The Morgan fingerprint density at radius 3 is 2.64 bits per heavy atom. The maximum Gasteiger partial charge on any atom is 0.274 e. The van der Waals surface area contributed by atoms with Crippen LogP contribution in [0.5, 0.6) is 0 Å². The zero-order valence-electron chi connectivity index (χ0n) is 12.0. The van der Waals surface area contributed by atoms with E-state index >= 15 is 0 Å². The molecule has 0 aliphatic carbocycles. The molecule has 3 aromatic rings. The van der Waals surface area contributed by atoms with Crippen molar-refractivity contribution in [3.8, 4) is 0 Å². The third-order valence-corrected chi connectivity index (χ3v) is 3.88. The van der Waals surface area contributed by atoms with Gasteiger partial charge in [0.2, 0.25) is 0 Å². The van der Waals surface area contributed by atoms with E-state index < -0.39 is 0 Å². The number of rotatable bonds is 2. The number of aryl methyl sites for hydroxylation is 2. The number of hydrogen-bond acceptors (Lipinski definition) is 2. The minimum Gasteiger partial charge on any atom is -0.320 e. The number of amides is 1. The number of halogens is 2. The van der Waals surface area contributed by atoms with Crippen molar-refractivity contribution >= 4 is 40.4 Å². The maximum atomic E-state index is 12.6. The van der Waals surface area contributed by atoms with Crippen LogP contribution in [0.2, 0.25) is 10.0 Å². The summed E-state index contributed by atoms with van der Waals surface area (Å²) in [4.78, 5) is 17.0. The lowest BCUT2D eigenvalue weighted by Gasteiger charge is -2.09. The minimum absolute atomic E-state index is 0.252. The van der Waals surface area contributed by atoms with E-state index in [1.54, 1.807) is 41.8 Å². The average Bonchev–Trinajstić information content (AvgIpc) is 2.78. The van der Waals surface area contributed by atoms with Gasteiger partial charge in [-0.25, -0.2) is 4.98 Å². The molecule has 1 N–H and O–H groups in total. The number of hydrogen-bond donors (Lipinski definition) is 1. The number of nitrogens with one attached hydrogen (secondary N) is 1. The molecule has 0 aliphatic heterocycles. The summed E-state index contributed by atoms with van der Waals surface area (Å²) in [6.45, 7) is 3.70. The summed E-state index contributed by atoms with van der Waals surface area (Å²) in [6, 6.07) is 8.88. The molecule has 0 radical (unpaired) electrons. The highest BCUT2D eigenvalue weighted by atomic mass is 35.5. The Morgan fingerprint density at radius 1 is 1.14 bits per heavy atom. The van der Waals surface area contributed by atoms with Crippen molar-refractivity contribution in [1.29, 1.82) is 0 Å². The second-order valence-corrected chi connectivity index (χ2v) is 5.91. The highest BCUT2D eigenvalue weighted by molar-refractivity contribution is 6.31. The van der Waals surface area contributed by atoms with Crippen LogP contribution in [-0.2, 0) is 0 Å². The Kier molecular flexibility index (Phi) is 3.81. The van der Waals surface area contributed by atoms with Crippen molar-refractivity contribution in [2.45, 2.75) is 13.8 Å². The Hall–Kier alpha value is -2.04. The van der Waals surface area contributed by atoms with Gasteiger partial charge in [-0.2, -0.15) is 0 Å². The van der Waals surface area contributed by atoms with Gasteiger partial charge in [0.05, 0.1) is 10.7 Å². The Balaban J connectivity index is 2.04. The first-order valence-corrected chi connectivity index (χ1v) is 7.43. The predicted molar refractivity (Wildman–Crippen MR) is 89.1 cm³/mol. The Bertz CT molecular complexity index is 886. The zero-order chi connectivity index (χ0) is 15.9. The van der Waals surface area contributed by atoms with Gasteiger partial charge in [0.1, 0.15) is 11.3 Å². The number of pyridine rings is 1. The van der Waals surface area contributed by atoms with E-state index in [0.717, 1.165) is 5.56 Å². The van der Waals surface area contributed by atoms with Gasteiger partial charge >= 0.3 is 0 Å². The second kappa shape index (κ2) is 5.63. The molecule has 4 nitrogen and oxygen atoms in total. The lowest BCUT2D eigenvalue weighted by Crippen LogP contribution is -2.16. The number of benzene rings is 1. The predicted octanol–water partition coefficient (Wildman–Crippen LogP) is 4.51. The molecule has 0 saturated carbocycles. The number of anilines is 1. The van der Waals surface area contributed by atoms with E-state index in [1.807, 2.05) is 13.0 Å². The molecule has 1 aromatic carbocycles. The third-order valence-electron chi connectivity index (χ3n) is 3.42.